The fourth-order valence-corrected chi connectivity index (χ4v) is 2.41. The summed E-state index contributed by atoms with van der Waals surface area (Å²) in [6, 6.07) is 2.33. The van der Waals surface area contributed by atoms with E-state index in [-0.39, 0.29) is 10.7 Å². The molecule has 0 radical (unpaired) electrons. The Kier molecular flexibility index (Phi) is 4.49. The number of rotatable bonds is 5. The van der Waals surface area contributed by atoms with Crippen LogP contribution in [0.4, 0.5) is 5.82 Å². The molecule has 1 aromatic heterocycles. The summed E-state index contributed by atoms with van der Waals surface area (Å²) >= 11 is 0. The number of hydrogen-bond acceptors (Lipinski definition) is 4. The lowest BCUT2D eigenvalue weighted by molar-refractivity contribution is 0.564. The zero-order valence-corrected chi connectivity index (χ0v) is 10.4. The Bertz CT molecular complexity index is 503. The van der Waals surface area contributed by atoms with Crippen molar-refractivity contribution in [3.63, 3.8) is 0 Å². The van der Waals surface area contributed by atoms with Gasteiger partial charge in [-0.05, 0) is 18.6 Å². The molecule has 5 nitrogen and oxygen atoms in total. The molecule has 0 aliphatic carbocycles. The summed E-state index contributed by atoms with van der Waals surface area (Å²) in [7, 11) is -3.62. The highest BCUT2D eigenvalue weighted by Gasteiger charge is 2.18. The number of pyridine rings is 1. The highest BCUT2D eigenvalue weighted by atomic mass is 32.2. The van der Waals surface area contributed by atoms with Gasteiger partial charge in [0.05, 0.1) is 6.04 Å². The molecule has 1 unspecified atom stereocenters. The van der Waals surface area contributed by atoms with Crippen LogP contribution in [-0.2, 0) is 10.0 Å². The average molecular weight is 253 g/mol. The number of nitrogens with zero attached hydrogens (tertiary/aromatic N) is 1. The lowest BCUT2D eigenvalue weighted by Gasteiger charge is -2.12. The number of anilines is 1. The van der Waals surface area contributed by atoms with Crippen LogP contribution in [0.3, 0.4) is 0 Å². The molecule has 0 fully saturated rings. The quantitative estimate of drug-likeness (QED) is 0.758. The largest absolute Gasteiger partial charge is 0.384 e. The minimum Gasteiger partial charge on any atom is -0.384 e. The molecule has 1 atom stereocenters. The van der Waals surface area contributed by atoms with Crippen molar-refractivity contribution < 1.29 is 8.42 Å². The number of nitrogens with two attached hydrogens (primary N) is 1. The van der Waals surface area contributed by atoms with E-state index in [0.717, 1.165) is 6.42 Å². The van der Waals surface area contributed by atoms with E-state index >= 15 is 0 Å². The third kappa shape index (κ3) is 3.73. The fraction of sp³-hybridized carbons (Fsp3) is 0.364. The zero-order valence-electron chi connectivity index (χ0n) is 9.55. The Morgan fingerprint density at radius 3 is 2.76 bits per heavy atom. The molecular weight excluding hydrogens is 238 g/mol. The molecule has 3 N–H and O–H groups in total. The van der Waals surface area contributed by atoms with Gasteiger partial charge in [0, 0.05) is 6.20 Å². The summed E-state index contributed by atoms with van der Waals surface area (Å²) < 4.78 is 26.2. The maximum Gasteiger partial charge on any atom is 0.243 e. The summed E-state index contributed by atoms with van der Waals surface area (Å²) in [5, 5.41) is 0. The Labute approximate surface area is 101 Å². The summed E-state index contributed by atoms with van der Waals surface area (Å²) in [6.45, 7) is 1.93. The first-order valence-electron chi connectivity index (χ1n) is 5.19. The van der Waals surface area contributed by atoms with Crippen LogP contribution in [0.15, 0.2) is 23.2 Å². The van der Waals surface area contributed by atoms with Crippen molar-refractivity contribution in [2.75, 3.05) is 5.73 Å². The van der Waals surface area contributed by atoms with Crippen molar-refractivity contribution in [3.8, 4) is 12.3 Å². The first-order valence-corrected chi connectivity index (χ1v) is 6.68. The van der Waals surface area contributed by atoms with E-state index < -0.39 is 16.1 Å². The fourth-order valence-electron chi connectivity index (χ4n) is 1.27. The monoisotopic (exact) mass is 253 g/mol. The first-order chi connectivity index (χ1) is 7.99. The summed E-state index contributed by atoms with van der Waals surface area (Å²) in [5.74, 6) is 2.67. The summed E-state index contributed by atoms with van der Waals surface area (Å²) in [5.41, 5.74) is 5.39. The lowest BCUT2D eigenvalue weighted by atomic mass is 10.2. The predicted molar refractivity (Wildman–Crippen MR) is 66.5 cm³/mol. The van der Waals surface area contributed by atoms with Gasteiger partial charge < -0.3 is 5.73 Å². The van der Waals surface area contributed by atoms with Crippen LogP contribution in [0.1, 0.15) is 19.8 Å². The zero-order chi connectivity index (χ0) is 12.9. The van der Waals surface area contributed by atoms with Gasteiger partial charge >= 0.3 is 0 Å². The van der Waals surface area contributed by atoms with Gasteiger partial charge in [-0.25, -0.2) is 13.4 Å². The van der Waals surface area contributed by atoms with Crippen molar-refractivity contribution in [1.82, 2.24) is 9.71 Å². The maximum atomic E-state index is 11.9. The molecule has 0 aliphatic heterocycles. The van der Waals surface area contributed by atoms with E-state index in [1.807, 2.05) is 6.92 Å². The smallest absolute Gasteiger partial charge is 0.243 e. The second-order valence-corrected chi connectivity index (χ2v) is 5.26. The average Bonchev–Trinajstić information content (AvgIpc) is 2.28. The van der Waals surface area contributed by atoms with E-state index in [0.29, 0.717) is 6.42 Å². The van der Waals surface area contributed by atoms with Crippen LogP contribution >= 0.6 is 0 Å². The molecule has 1 rings (SSSR count). The van der Waals surface area contributed by atoms with Crippen molar-refractivity contribution in [2.24, 2.45) is 0 Å². The van der Waals surface area contributed by atoms with E-state index in [9.17, 15) is 8.42 Å². The highest BCUT2D eigenvalue weighted by Crippen LogP contribution is 2.10. The molecule has 0 bridgehead atoms. The van der Waals surface area contributed by atoms with Gasteiger partial charge in [-0.1, -0.05) is 19.3 Å². The van der Waals surface area contributed by atoms with Gasteiger partial charge in [0.1, 0.15) is 10.7 Å². The Morgan fingerprint density at radius 1 is 1.59 bits per heavy atom. The van der Waals surface area contributed by atoms with Gasteiger partial charge in [-0.3, -0.25) is 0 Å². The van der Waals surface area contributed by atoms with Crippen molar-refractivity contribution >= 4 is 15.8 Å². The first kappa shape index (κ1) is 13.5. The van der Waals surface area contributed by atoms with Gasteiger partial charge in [0.2, 0.25) is 10.0 Å². The molecule has 1 heterocycles. The number of nitrogens with one attached hydrogen (secondary N) is 1. The number of sulfonamides is 1. The van der Waals surface area contributed by atoms with Gasteiger partial charge in [-0.2, -0.15) is 4.72 Å². The number of terminal acetylenes is 1. The van der Waals surface area contributed by atoms with Crippen LogP contribution < -0.4 is 10.5 Å². The van der Waals surface area contributed by atoms with E-state index in [1.165, 1.54) is 18.3 Å². The Hall–Kier alpha value is -1.58. The molecule has 0 amide bonds. The van der Waals surface area contributed by atoms with Crippen molar-refractivity contribution in [2.45, 2.75) is 30.7 Å². The highest BCUT2D eigenvalue weighted by molar-refractivity contribution is 7.89. The van der Waals surface area contributed by atoms with Crippen LogP contribution in [0.2, 0.25) is 0 Å². The Morgan fingerprint density at radius 2 is 2.29 bits per heavy atom. The van der Waals surface area contributed by atoms with Crippen molar-refractivity contribution in [1.29, 1.82) is 0 Å². The SMILES string of the molecule is C#CC(CCC)NS(=O)(=O)c1ccc(N)nc1. The molecule has 0 aromatic carbocycles. The number of hydrogen-bond donors (Lipinski definition) is 2. The van der Waals surface area contributed by atoms with Gasteiger partial charge in [-0.15, -0.1) is 6.42 Å². The van der Waals surface area contributed by atoms with Gasteiger partial charge in [0.15, 0.2) is 0 Å². The van der Waals surface area contributed by atoms with Crippen LogP contribution in [-0.4, -0.2) is 19.4 Å². The standard InChI is InChI=1S/C11H15N3O2S/c1-3-5-9(4-2)14-17(15,16)10-6-7-11(12)13-8-10/h2,6-9,14H,3,5H2,1H3,(H2,12,13). The molecule has 0 spiro atoms. The van der Waals surface area contributed by atoms with Crippen LogP contribution in [0, 0.1) is 12.3 Å². The second-order valence-electron chi connectivity index (χ2n) is 3.55. The van der Waals surface area contributed by atoms with E-state index in [1.54, 1.807) is 0 Å². The minimum absolute atomic E-state index is 0.0584. The van der Waals surface area contributed by atoms with Crippen LogP contribution in [0.25, 0.3) is 0 Å². The molecule has 0 saturated carbocycles. The third-order valence-electron chi connectivity index (χ3n) is 2.15. The Balaban J connectivity index is 2.89. The topological polar surface area (TPSA) is 85.1 Å². The van der Waals surface area contributed by atoms with Gasteiger partial charge in [0.25, 0.3) is 0 Å². The lowest BCUT2D eigenvalue weighted by Crippen LogP contribution is -2.33. The molecule has 0 aliphatic rings. The number of aromatic nitrogens is 1. The molecule has 17 heavy (non-hydrogen) atoms. The molecule has 1 aromatic rings. The normalized spacial score (nSPS) is 12.9. The minimum atomic E-state index is -3.62. The molecular formula is C11H15N3O2S. The maximum absolute atomic E-state index is 11.9. The summed E-state index contributed by atoms with van der Waals surface area (Å²) in [6.07, 6.45) is 7.86. The molecule has 92 valence electrons. The second kappa shape index (κ2) is 5.66. The summed E-state index contributed by atoms with van der Waals surface area (Å²) in [4.78, 5) is 3.79. The molecule has 0 saturated heterocycles. The van der Waals surface area contributed by atoms with Crippen LogP contribution in [0.5, 0.6) is 0 Å². The van der Waals surface area contributed by atoms with E-state index in [2.05, 4.69) is 15.6 Å². The van der Waals surface area contributed by atoms with E-state index in [4.69, 9.17) is 12.2 Å². The number of nitrogen functional groups attached to an aromatic ring is 1. The third-order valence-corrected chi connectivity index (χ3v) is 3.60. The predicted octanol–water partition coefficient (Wildman–Crippen LogP) is 0.744. The van der Waals surface area contributed by atoms with Crippen molar-refractivity contribution in [3.05, 3.63) is 18.3 Å². The molecule has 6 heteroatoms.